The van der Waals surface area contributed by atoms with Crippen molar-refractivity contribution < 1.29 is 19.2 Å². The molecule has 0 spiro atoms. The van der Waals surface area contributed by atoms with Gasteiger partial charge in [0, 0.05) is 27.8 Å². The van der Waals surface area contributed by atoms with Crippen molar-refractivity contribution in [3.63, 3.8) is 0 Å². The lowest BCUT2D eigenvalue weighted by Crippen LogP contribution is -2.21. The van der Waals surface area contributed by atoms with Crippen LogP contribution in [0.5, 0.6) is 0 Å². The van der Waals surface area contributed by atoms with Crippen molar-refractivity contribution in [1.82, 2.24) is 4.98 Å². The summed E-state index contributed by atoms with van der Waals surface area (Å²) in [4.78, 5) is 39.8. The standard InChI is InChI=1S/C20H16ClN3O5S2/c1-12-22-15(10-30-12)11-31-16-5-2-13(3-6-16)20(26)29-9-19(25)23-14-4-7-17(21)18(8-14)24(27)28/h2-8,10H,9,11H2,1H3,(H,23,25). The first-order valence-electron chi connectivity index (χ1n) is 8.86. The number of hydrogen-bond donors (Lipinski definition) is 1. The molecule has 11 heteroatoms. The number of esters is 1. The maximum absolute atomic E-state index is 12.2. The third-order valence-electron chi connectivity index (χ3n) is 3.90. The summed E-state index contributed by atoms with van der Waals surface area (Å²) in [6.07, 6.45) is 0. The maximum atomic E-state index is 12.2. The highest BCUT2D eigenvalue weighted by Crippen LogP contribution is 2.27. The van der Waals surface area contributed by atoms with Crippen LogP contribution in [0.3, 0.4) is 0 Å². The largest absolute Gasteiger partial charge is 0.452 e. The summed E-state index contributed by atoms with van der Waals surface area (Å²) in [5.41, 5.74) is 1.16. The number of halogens is 1. The number of ether oxygens (including phenoxy) is 1. The van der Waals surface area contributed by atoms with Crippen molar-refractivity contribution in [2.24, 2.45) is 0 Å². The van der Waals surface area contributed by atoms with Crippen LogP contribution in [0.4, 0.5) is 11.4 Å². The molecule has 1 amide bonds. The van der Waals surface area contributed by atoms with Crippen LogP contribution in [0, 0.1) is 17.0 Å². The average Bonchev–Trinajstić information content (AvgIpc) is 3.17. The molecular weight excluding hydrogens is 462 g/mol. The molecule has 0 saturated carbocycles. The van der Waals surface area contributed by atoms with E-state index >= 15 is 0 Å². The maximum Gasteiger partial charge on any atom is 0.338 e. The SMILES string of the molecule is Cc1nc(CSc2ccc(C(=O)OCC(=O)Nc3ccc(Cl)c([N+](=O)[O-])c3)cc2)cs1. The number of nitro benzene ring substituents is 1. The fourth-order valence-electron chi connectivity index (χ4n) is 2.46. The van der Waals surface area contributed by atoms with Crippen LogP contribution in [0.25, 0.3) is 0 Å². The van der Waals surface area contributed by atoms with Gasteiger partial charge in [-0.3, -0.25) is 14.9 Å². The Hall–Kier alpha value is -2.95. The number of carbonyl (C=O) groups is 2. The number of nitrogens with one attached hydrogen (secondary N) is 1. The smallest absolute Gasteiger partial charge is 0.338 e. The third kappa shape index (κ3) is 6.51. The highest BCUT2D eigenvalue weighted by Gasteiger charge is 2.15. The Labute approximate surface area is 190 Å². The van der Waals surface area contributed by atoms with Gasteiger partial charge in [-0.05, 0) is 43.3 Å². The fraction of sp³-hybridized carbons (Fsp3) is 0.150. The van der Waals surface area contributed by atoms with Crippen molar-refractivity contribution in [2.45, 2.75) is 17.6 Å². The van der Waals surface area contributed by atoms with Crippen LogP contribution >= 0.6 is 34.7 Å². The molecule has 2 aromatic carbocycles. The summed E-state index contributed by atoms with van der Waals surface area (Å²) in [5.74, 6) is -0.545. The van der Waals surface area contributed by atoms with Gasteiger partial charge in [0.05, 0.1) is 21.2 Å². The molecule has 3 aromatic rings. The van der Waals surface area contributed by atoms with E-state index < -0.39 is 23.4 Å². The van der Waals surface area contributed by atoms with Crippen LogP contribution in [0.2, 0.25) is 5.02 Å². The van der Waals surface area contributed by atoms with E-state index in [1.54, 1.807) is 47.4 Å². The van der Waals surface area contributed by atoms with Crippen LogP contribution in [0.1, 0.15) is 21.1 Å². The van der Waals surface area contributed by atoms with Crippen molar-refractivity contribution in [1.29, 1.82) is 0 Å². The molecule has 0 aliphatic carbocycles. The van der Waals surface area contributed by atoms with Crippen molar-refractivity contribution in [3.8, 4) is 0 Å². The van der Waals surface area contributed by atoms with Crippen molar-refractivity contribution in [3.05, 3.63) is 79.2 Å². The predicted octanol–water partition coefficient (Wildman–Crippen LogP) is 5.10. The minimum atomic E-state index is -0.655. The van der Waals surface area contributed by atoms with Gasteiger partial charge in [-0.25, -0.2) is 9.78 Å². The van der Waals surface area contributed by atoms with Crippen LogP contribution < -0.4 is 5.32 Å². The van der Waals surface area contributed by atoms with Gasteiger partial charge in [-0.1, -0.05) is 11.6 Å². The molecule has 0 saturated heterocycles. The quantitative estimate of drug-likeness (QED) is 0.208. The number of aromatic nitrogens is 1. The summed E-state index contributed by atoms with van der Waals surface area (Å²) < 4.78 is 5.01. The van der Waals surface area contributed by atoms with Gasteiger partial charge in [0.25, 0.3) is 11.6 Å². The van der Waals surface area contributed by atoms with E-state index in [0.29, 0.717) is 5.56 Å². The van der Waals surface area contributed by atoms with Gasteiger partial charge in [-0.15, -0.1) is 23.1 Å². The lowest BCUT2D eigenvalue weighted by molar-refractivity contribution is -0.384. The van der Waals surface area contributed by atoms with Gasteiger partial charge in [0.2, 0.25) is 0 Å². The first-order chi connectivity index (χ1) is 14.8. The summed E-state index contributed by atoms with van der Waals surface area (Å²) in [6, 6.07) is 10.7. The Balaban J connectivity index is 1.49. The summed E-state index contributed by atoms with van der Waals surface area (Å²) in [7, 11) is 0. The van der Waals surface area contributed by atoms with E-state index in [-0.39, 0.29) is 16.4 Å². The molecule has 8 nitrogen and oxygen atoms in total. The molecule has 1 N–H and O–H groups in total. The first kappa shape index (κ1) is 22.7. The Bertz CT molecular complexity index is 1120. The molecule has 31 heavy (non-hydrogen) atoms. The minimum Gasteiger partial charge on any atom is -0.452 e. The number of nitrogens with zero attached hydrogens (tertiary/aromatic N) is 2. The van der Waals surface area contributed by atoms with E-state index in [1.807, 2.05) is 12.3 Å². The molecule has 1 aromatic heterocycles. The minimum absolute atomic E-state index is 0.0438. The van der Waals surface area contributed by atoms with Crippen molar-refractivity contribution >= 4 is 58.0 Å². The van der Waals surface area contributed by atoms with E-state index in [1.165, 1.54) is 12.1 Å². The zero-order chi connectivity index (χ0) is 22.4. The molecule has 160 valence electrons. The van der Waals surface area contributed by atoms with Crippen molar-refractivity contribution in [2.75, 3.05) is 11.9 Å². The van der Waals surface area contributed by atoms with Crippen LogP contribution in [-0.4, -0.2) is 28.4 Å². The predicted molar refractivity (Wildman–Crippen MR) is 120 cm³/mol. The van der Waals surface area contributed by atoms with Crippen LogP contribution in [-0.2, 0) is 15.3 Å². The average molecular weight is 478 g/mol. The normalized spacial score (nSPS) is 10.5. The number of benzene rings is 2. The number of aryl methyl sites for hydroxylation is 1. The molecule has 0 aliphatic rings. The number of carbonyl (C=O) groups excluding carboxylic acids is 2. The summed E-state index contributed by atoms with van der Waals surface area (Å²) >= 11 is 8.94. The Morgan fingerprint density at radius 2 is 2.00 bits per heavy atom. The molecule has 0 unspecified atom stereocenters. The highest BCUT2D eigenvalue weighted by atomic mass is 35.5. The molecule has 0 atom stereocenters. The van der Waals surface area contributed by atoms with Gasteiger partial charge in [0.15, 0.2) is 6.61 Å². The molecule has 0 bridgehead atoms. The van der Waals surface area contributed by atoms with Crippen LogP contribution in [0.15, 0.2) is 52.7 Å². The Morgan fingerprint density at radius 3 is 2.65 bits per heavy atom. The highest BCUT2D eigenvalue weighted by molar-refractivity contribution is 7.98. The number of rotatable bonds is 8. The second-order valence-electron chi connectivity index (χ2n) is 6.22. The molecule has 1 heterocycles. The monoisotopic (exact) mass is 477 g/mol. The molecule has 0 radical (unpaired) electrons. The van der Waals surface area contributed by atoms with E-state index in [4.69, 9.17) is 16.3 Å². The lowest BCUT2D eigenvalue weighted by Gasteiger charge is -2.07. The van der Waals surface area contributed by atoms with E-state index in [2.05, 4.69) is 10.3 Å². The molecule has 0 fully saturated rings. The molecular formula is C20H16ClN3O5S2. The van der Waals surface area contributed by atoms with Gasteiger partial charge >= 0.3 is 5.97 Å². The number of thiazole rings is 1. The van der Waals surface area contributed by atoms with Gasteiger partial charge in [0.1, 0.15) is 5.02 Å². The number of hydrogen-bond acceptors (Lipinski definition) is 8. The van der Waals surface area contributed by atoms with Gasteiger partial charge in [-0.2, -0.15) is 0 Å². The third-order valence-corrected chi connectivity index (χ3v) is 6.09. The lowest BCUT2D eigenvalue weighted by atomic mass is 10.2. The van der Waals surface area contributed by atoms with E-state index in [9.17, 15) is 19.7 Å². The van der Waals surface area contributed by atoms with Gasteiger partial charge < -0.3 is 10.1 Å². The molecule has 3 rings (SSSR count). The summed E-state index contributed by atoms with van der Waals surface area (Å²) in [6.45, 7) is 1.42. The Kier molecular flexibility index (Phi) is 7.61. The number of amides is 1. The zero-order valence-corrected chi connectivity index (χ0v) is 18.6. The fourth-order valence-corrected chi connectivity index (χ4v) is 4.16. The summed E-state index contributed by atoms with van der Waals surface area (Å²) in [5, 5.41) is 16.3. The number of thioether (sulfide) groups is 1. The Morgan fingerprint density at radius 1 is 1.26 bits per heavy atom. The second-order valence-corrected chi connectivity index (χ2v) is 8.74. The first-order valence-corrected chi connectivity index (χ1v) is 11.1. The topological polar surface area (TPSA) is 111 Å². The zero-order valence-electron chi connectivity index (χ0n) is 16.2. The van der Waals surface area contributed by atoms with E-state index in [0.717, 1.165) is 27.4 Å². The number of anilines is 1. The second kappa shape index (κ2) is 10.4. The number of nitro groups is 1. The molecule has 0 aliphatic heterocycles.